The highest BCUT2D eigenvalue weighted by Gasteiger charge is 2.32. The SMILES string of the molecule is Cc1ccc(CNC(=O)CCCN2C(=S)NC(C)(C)C[C@@H]2C)cc1. The van der Waals surface area contributed by atoms with Crippen LogP contribution in [0.2, 0.25) is 0 Å². The van der Waals surface area contributed by atoms with Crippen LogP contribution in [0, 0.1) is 6.92 Å². The Morgan fingerprint density at radius 3 is 2.67 bits per heavy atom. The van der Waals surface area contributed by atoms with Gasteiger partial charge in [-0.05, 0) is 58.3 Å². The second-order valence-corrected chi connectivity index (χ2v) is 7.81. The van der Waals surface area contributed by atoms with Crippen LogP contribution in [0.5, 0.6) is 0 Å². The Labute approximate surface area is 151 Å². The summed E-state index contributed by atoms with van der Waals surface area (Å²) in [6, 6.07) is 8.64. The van der Waals surface area contributed by atoms with Gasteiger partial charge in [-0.15, -0.1) is 0 Å². The van der Waals surface area contributed by atoms with Crippen LogP contribution in [0.25, 0.3) is 0 Å². The summed E-state index contributed by atoms with van der Waals surface area (Å²) >= 11 is 5.47. The Morgan fingerprint density at radius 1 is 1.38 bits per heavy atom. The molecule has 0 unspecified atom stereocenters. The van der Waals surface area contributed by atoms with Crippen LogP contribution in [0.1, 0.15) is 51.2 Å². The van der Waals surface area contributed by atoms with Crippen molar-refractivity contribution in [1.82, 2.24) is 15.5 Å². The number of hydrogen-bond acceptors (Lipinski definition) is 2. The van der Waals surface area contributed by atoms with E-state index in [1.807, 2.05) is 0 Å². The highest BCUT2D eigenvalue weighted by Crippen LogP contribution is 2.22. The fraction of sp³-hybridized carbons (Fsp3) is 0.579. The van der Waals surface area contributed by atoms with E-state index >= 15 is 0 Å². The molecule has 2 N–H and O–H groups in total. The fourth-order valence-electron chi connectivity index (χ4n) is 3.19. The Morgan fingerprint density at radius 2 is 2.04 bits per heavy atom. The predicted octanol–water partition coefficient (Wildman–Crippen LogP) is 3.14. The fourth-order valence-corrected chi connectivity index (χ4v) is 3.74. The lowest BCUT2D eigenvalue weighted by molar-refractivity contribution is -0.121. The zero-order valence-corrected chi connectivity index (χ0v) is 16.0. The van der Waals surface area contributed by atoms with E-state index in [4.69, 9.17) is 12.2 Å². The maximum Gasteiger partial charge on any atom is 0.220 e. The van der Waals surface area contributed by atoms with Crippen molar-refractivity contribution in [3.63, 3.8) is 0 Å². The van der Waals surface area contributed by atoms with E-state index in [-0.39, 0.29) is 11.4 Å². The Kier molecular flexibility index (Phi) is 6.21. The van der Waals surface area contributed by atoms with Gasteiger partial charge in [-0.1, -0.05) is 29.8 Å². The summed E-state index contributed by atoms with van der Waals surface area (Å²) in [5.41, 5.74) is 2.41. The molecule has 1 heterocycles. The van der Waals surface area contributed by atoms with E-state index in [0.717, 1.165) is 30.1 Å². The zero-order valence-electron chi connectivity index (χ0n) is 15.2. The molecule has 24 heavy (non-hydrogen) atoms. The Bertz CT molecular complexity index is 583. The summed E-state index contributed by atoms with van der Waals surface area (Å²) in [4.78, 5) is 14.2. The average molecular weight is 348 g/mol. The number of nitrogens with one attached hydrogen (secondary N) is 2. The monoisotopic (exact) mass is 347 g/mol. The van der Waals surface area contributed by atoms with Gasteiger partial charge in [0.2, 0.25) is 5.91 Å². The highest BCUT2D eigenvalue weighted by molar-refractivity contribution is 7.80. The predicted molar refractivity (Wildman–Crippen MR) is 103 cm³/mol. The minimum atomic E-state index is 0.0540. The second-order valence-electron chi connectivity index (χ2n) is 7.43. The van der Waals surface area contributed by atoms with Crippen LogP contribution in [-0.2, 0) is 11.3 Å². The third-order valence-corrected chi connectivity index (χ3v) is 4.79. The molecule has 0 bridgehead atoms. The van der Waals surface area contributed by atoms with Crippen LogP contribution in [0.15, 0.2) is 24.3 Å². The Hall–Kier alpha value is -1.62. The van der Waals surface area contributed by atoms with Crippen LogP contribution >= 0.6 is 12.2 Å². The first-order valence-corrected chi connectivity index (χ1v) is 9.09. The molecule has 0 saturated carbocycles. The average Bonchev–Trinajstić information content (AvgIpc) is 2.48. The van der Waals surface area contributed by atoms with Crippen LogP contribution < -0.4 is 10.6 Å². The number of thiocarbonyl (C=S) groups is 1. The normalized spacial score (nSPS) is 19.8. The molecule has 1 saturated heterocycles. The van der Waals surface area contributed by atoms with Gasteiger partial charge in [-0.3, -0.25) is 4.79 Å². The number of carbonyl (C=O) groups excluding carboxylic acids is 1. The highest BCUT2D eigenvalue weighted by atomic mass is 32.1. The lowest BCUT2D eigenvalue weighted by atomic mass is 9.93. The molecule has 132 valence electrons. The molecule has 1 aliphatic rings. The first-order chi connectivity index (χ1) is 11.3. The number of rotatable bonds is 6. The van der Waals surface area contributed by atoms with Crippen LogP contribution in [0.3, 0.4) is 0 Å². The van der Waals surface area contributed by atoms with Crippen molar-refractivity contribution in [3.05, 3.63) is 35.4 Å². The summed E-state index contributed by atoms with van der Waals surface area (Å²) in [6.07, 6.45) is 2.39. The zero-order chi connectivity index (χ0) is 17.7. The van der Waals surface area contributed by atoms with Crippen molar-refractivity contribution in [1.29, 1.82) is 0 Å². The van der Waals surface area contributed by atoms with Crippen LogP contribution in [0.4, 0.5) is 0 Å². The van der Waals surface area contributed by atoms with Crippen molar-refractivity contribution in [2.75, 3.05) is 6.54 Å². The van der Waals surface area contributed by atoms with Crippen molar-refractivity contribution in [3.8, 4) is 0 Å². The molecule has 5 heteroatoms. The number of carbonyl (C=O) groups is 1. The van der Waals surface area contributed by atoms with Gasteiger partial charge in [0.15, 0.2) is 5.11 Å². The van der Waals surface area contributed by atoms with Crippen molar-refractivity contribution < 1.29 is 4.79 Å². The molecule has 4 nitrogen and oxygen atoms in total. The van der Waals surface area contributed by atoms with Gasteiger partial charge < -0.3 is 15.5 Å². The molecular formula is C19H29N3OS. The molecule has 1 atom stereocenters. The Balaban J connectivity index is 1.70. The molecule has 1 aromatic rings. The number of benzene rings is 1. The number of nitrogens with zero attached hydrogens (tertiary/aromatic N) is 1. The van der Waals surface area contributed by atoms with Crippen LogP contribution in [-0.4, -0.2) is 34.0 Å². The van der Waals surface area contributed by atoms with Crippen molar-refractivity contribution in [2.24, 2.45) is 0 Å². The molecule has 2 rings (SSSR count). The maximum absolute atomic E-state index is 12.0. The number of aryl methyl sites for hydroxylation is 1. The third kappa shape index (κ3) is 5.48. The molecule has 1 aromatic carbocycles. The molecule has 0 radical (unpaired) electrons. The molecule has 0 spiro atoms. The molecule has 0 aliphatic carbocycles. The minimum Gasteiger partial charge on any atom is -0.358 e. The molecule has 1 aliphatic heterocycles. The molecule has 0 aromatic heterocycles. The number of hydrogen-bond donors (Lipinski definition) is 2. The standard InChI is InChI=1S/C19H29N3OS/c1-14-7-9-16(10-8-14)13-20-17(23)6-5-11-22-15(2)12-19(3,4)21-18(22)24/h7-10,15H,5-6,11-13H2,1-4H3,(H,20,23)(H,21,24)/t15-/m0/s1. The summed E-state index contributed by atoms with van der Waals surface area (Å²) in [5.74, 6) is 0.0967. The first-order valence-electron chi connectivity index (χ1n) is 8.68. The smallest absolute Gasteiger partial charge is 0.220 e. The van der Waals surface area contributed by atoms with Gasteiger partial charge >= 0.3 is 0 Å². The minimum absolute atomic E-state index is 0.0540. The van der Waals surface area contributed by atoms with Gasteiger partial charge in [-0.2, -0.15) is 0 Å². The van der Waals surface area contributed by atoms with Gasteiger partial charge in [0.1, 0.15) is 0 Å². The van der Waals surface area contributed by atoms with E-state index in [1.54, 1.807) is 0 Å². The third-order valence-electron chi connectivity index (χ3n) is 4.46. The van der Waals surface area contributed by atoms with Crippen molar-refractivity contribution in [2.45, 2.75) is 65.1 Å². The first kappa shape index (κ1) is 18.7. The van der Waals surface area contributed by atoms with E-state index in [0.29, 0.717) is 19.0 Å². The van der Waals surface area contributed by atoms with E-state index in [1.165, 1.54) is 5.56 Å². The molecule has 1 amide bonds. The summed E-state index contributed by atoms with van der Waals surface area (Å²) in [6.45, 7) is 10.0. The molecule has 1 fully saturated rings. The lowest BCUT2D eigenvalue weighted by Crippen LogP contribution is -2.60. The van der Waals surface area contributed by atoms with Gasteiger partial charge in [0.05, 0.1) is 0 Å². The van der Waals surface area contributed by atoms with E-state index in [2.05, 4.69) is 67.5 Å². The van der Waals surface area contributed by atoms with E-state index < -0.39 is 0 Å². The van der Waals surface area contributed by atoms with E-state index in [9.17, 15) is 4.79 Å². The summed E-state index contributed by atoms with van der Waals surface area (Å²) in [7, 11) is 0. The second kappa shape index (κ2) is 7.97. The van der Waals surface area contributed by atoms with Gasteiger partial charge in [-0.25, -0.2) is 0 Å². The molecular weight excluding hydrogens is 318 g/mol. The maximum atomic E-state index is 12.0. The summed E-state index contributed by atoms with van der Waals surface area (Å²) < 4.78 is 0. The quantitative estimate of drug-likeness (QED) is 0.776. The van der Waals surface area contributed by atoms with Gasteiger partial charge in [0.25, 0.3) is 0 Å². The lowest BCUT2D eigenvalue weighted by Gasteiger charge is -2.44. The summed E-state index contributed by atoms with van der Waals surface area (Å²) in [5, 5.41) is 7.17. The largest absolute Gasteiger partial charge is 0.358 e. The van der Waals surface area contributed by atoms with Gasteiger partial charge in [0, 0.05) is 31.1 Å². The topological polar surface area (TPSA) is 44.4 Å². The van der Waals surface area contributed by atoms with Crippen molar-refractivity contribution >= 4 is 23.2 Å². The number of amides is 1.